The first-order valence-corrected chi connectivity index (χ1v) is 7.29. The molecule has 106 valence electrons. The van der Waals surface area contributed by atoms with Crippen molar-refractivity contribution in [2.24, 2.45) is 5.73 Å². The van der Waals surface area contributed by atoms with Crippen molar-refractivity contribution in [1.29, 1.82) is 0 Å². The summed E-state index contributed by atoms with van der Waals surface area (Å²) in [6, 6.07) is 16.1. The summed E-state index contributed by atoms with van der Waals surface area (Å²) in [6.45, 7) is 0.578. The SMILES string of the molecule is COc1ccc(C(CN)Sc2cccc(OC)c2)cc1. The predicted octanol–water partition coefficient (Wildman–Crippen LogP) is 3.50. The van der Waals surface area contributed by atoms with Crippen molar-refractivity contribution in [3.63, 3.8) is 0 Å². The molecular formula is C16H19NO2S. The standard InChI is InChI=1S/C16H19NO2S/c1-18-13-8-6-12(7-9-13)16(11-17)20-15-5-3-4-14(10-15)19-2/h3-10,16H,11,17H2,1-2H3. The van der Waals surface area contributed by atoms with Gasteiger partial charge in [-0.1, -0.05) is 18.2 Å². The van der Waals surface area contributed by atoms with E-state index in [0.29, 0.717) is 6.54 Å². The van der Waals surface area contributed by atoms with E-state index in [4.69, 9.17) is 15.2 Å². The number of thioether (sulfide) groups is 1. The fraction of sp³-hybridized carbons (Fsp3) is 0.250. The number of ether oxygens (including phenoxy) is 2. The number of methoxy groups -OCH3 is 2. The van der Waals surface area contributed by atoms with Crippen LogP contribution in [0.4, 0.5) is 0 Å². The summed E-state index contributed by atoms with van der Waals surface area (Å²) in [6.07, 6.45) is 0. The van der Waals surface area contributed by atoms with Crippen LogP contribution in [-0.4, -0.2) is 20.8 Å². The minimum Gasteiger partial charge on any atom is -0.497 e. The van der Waals surface area contributed by atoms with Crippen LogP contribution in [0.15, 0.2) is 53.4 Å². The van der Waals surface area contributed by atoms with Crippen LogP contribution >= 0.6 is 11.8 Å². The molecule has 0 aliphatic rings. The Morgan fingerprint density at radius 1 is 1.00 bits per heavy atom. The second kappa shape index (κ2) is 7.22. The van der Waals surface area contributed by atoms with Crippen molar-refractivity contribution in [3.05, 3.63) is 54.1 Å². The van der Waals surface area contributed by atoms with E-state index in [1.165, 1.54) is 5.56 Å². The molecule has 2 rings (SSSR count). The van der Waals surface area contributed by atoms with Crippen molar-refractivity contribution in [2.75, 3.05) is 20.8 Å². The maximum absolute atomic E-state index is 5.91. The highest BCUT2D eigenvalue weighted by Gasteiger charge is 2.12. The zero-order chi connectivity index (χ0) is 14.4. The van der Waals surface area contributed by atoms with Crippen molar-refractivity contribution >= 4 is 11.8 Å². The third-order valence-corrected chi connectivity index (χ3v) is 4.30. The summed E-state index contributed by atoms with van der Waals surface area (Å²) < 4.78 is 10.4. The van der Waals surface area contributed by atoms with Gasteiger partial charge in [-0.3, -0.25) is 0 Å². The van der Waals surface area contributed by atoms with Crippen LogP contribution in [0, 0.1) is 0 Å². The van der Waals surface area contributed by atoms with Crippen LogP contribution < -0.4 is 15.2 Å². The fourth-order valence-corrected chi connectivity index (χ4v) is 2.97. The molecule has 0 aliphatic carbocycles. The summed E-state index contributed by atoms with van der Waals surface area (Å²) in [7, 11) is 3.34. The Balaban J connectivity index is 2.14. The topological polar surface area (TPSA) is 44.5 Å². The first-order valence-electron chi connectivity index (χ1n) is 6.41. The molecule has 1 unspecified atom stereocenters. The molecule has 4 heteroatoms. The van der Waals surface area contributed by atoms with Crippen molar-refractivity contribution in [2.45, 2.75) is 10.1 Å². The summed E-state index contributed by atoms with van der Waals surface area (Å²) in [5.74, 6) is 1.72. The summed E-state index contributed by atoms with van der Waals surface area (Å²) in [4.78, 5) is 1.15. The molecule has 2 aromatic carbocycles. The molecule has 0 fully saturated rings. The Morgan fingerprint density at radius 2 is 1.70 bits per heavy atom. The van der Waals surface area contributed by atoms with Crippen LogP contribution in [-0.2, 0) is 0 Å². The van der Waals surface area contributed by atoms with Gasteiger partial charge in [0.1, 0.15) is 11.5 Å². The van der Waals surface area contributed by atoms with E-state index in [-0.39, 0.29) is 5.25 Å². The lowest BCUT2D eigenvalue weighted by molar-refractivity contribution is 0.413. The molecule has 0 bridgehead atoms. The quantitative estimate of drug-likeness (QED) is 0.827. The van der Waals surface area contributed by atoms with E-state index in [1.54, 1.807) is 26.0 Å². The second-order valence-corrected chi connectivity index (χ2v) is 5.57. The fourth-order valence-electron chi connectivity index (χ4n) is 1.91. The third kappa shape index (κ3) is 3.68. The maximum Gasteiger partial charge on any atom is 0.119 e. The van der Waals surface area contributed by atoms with E-state index in [9.17, 15) is 0 Å². The average molecular weight is 289 g/mol. The van der Waals surface area contributed by atoms with Gasteiger partial charge in [0.15, 0.2) is 0 Å². The zero-order valence-corrected chi connectivity index (χ0v) is 12.5. The van der Waals surface area contributed by atoms with Gasteiger partial charge < -0.3 is 15.2 Å². The molecular weight excluding hydrogens is 270 g/mol. The number of hydrogen-bond donors (Lipinski definition) is 1. The van der Waals surface area contributed by atoms with E-state index in [2.05, 4.69) is 18.2 Å². The second-order valence-electron chi connectivity index (χ2n) is 4.29. The Kier molecular flexibility index (Phi) is 5.32. The van der Waals surface area contributed by atoms with Crippen molar-refractivity contribution in [3.8, 4) is 11.5 Å². The Labute approximate surface area is 124 Å². The predicted molar refractivity (Wildman–Crippen MR) is 83.6 cm³/mol. The van der Waals surface area contributed by atoms with Crippen molar-refractivity contribution < 1.29 is 9.47 Å². The van der Waals surface area contributed by atoms with Gasteiger partial charge in [-0.05, 0) is 35.9 Å². The first-order chi connectivity index (χ1) is 9.76. The third-order valence-electron chi connectivity index (χ3n) is 3.02. The molecule has 0 radical (unpaired) electrons. The number of rotatable bonds is 6. The number of nitrogens with two attached hydrogens (primary N) is 1. The molecule has 2 N–H and O–H groups in total. The largest absolute Gasteiger partial charge is 0.497 e. The van der Waals surface area contributed by atoms with Gasteiger partial charge in [0.25, 0.3) is 0 Å². The molecule has 2 aromatic rings. The smallest absolute Gasteiger partial charge is 0.119 e. The Hall–Kier alpha value is -1.65. The van der Waals surface area contributed by atoms with Crippen LogP contribution in [0.5, 0.6) is 11.5 Å². The molecule has 0 amide bonds. The van der Waals surface area contributed by atoms with Crippen LogP contribution in [0.1, 0.15) is 10.8 Å². The summed E-state index contributed by atoms with van der Waals surface area (Å²) in [5, 5.41) is 0.216. The van der Waals surface area contributed by atoms with Gasteiger partial charge in [0.2, 0.25) is 0 Å². The Bertz CT molecular complexity index is 542. The molecule has 0 aliphatic heterocycles. The van der Waals surface area contributed by atoms with Gasteiger partial charge in [-0.25, -0.2) is 0 Å². The highest BCUT2D eigenvalue weighted by Crippen LogP contribution is 2.36. The molecule has 20 heavy (non-hydrogen) atoms. The maximum atomic E-state index is 5.91. The van der Waals surface area contributed by atoms with E-state index >= 15 is 0 Å². The monoisotopic (exact) mass is 289 g/mol. The minimum absolute atomic E-state index is 0.216. The summed E-state index contributed by atoms with van der Waals surface area (Å²) in [5.41, 5.74) is 7.11. The van der Waals surface area contributed by atoms with Crippen LogP contribution in [0.2, 0.25) is 0 Å². The molecule has 0 saturated carbocycles. The van der Waals surface area contributed by atoms with Gasteiger partial charge in [-0.2, -0.15) is 0 Å². The van der Waals surface area contributed by atoms with Gasteiger partial charge in [0, 0.05) is 16.7 Å². The lowest BCUT2D eigenvalue weighted by atomic mass is 10.1. The first kappa shape index (κ1) is 14.8. The van der Waals surface area contributed by atoms with Crippen LogP contribution in [0.25, 0.3) is 0 Å². The lowest BCUT2D eigenvalue weighted by Crippen LogP contribution is -2.09. The van der Waals surface area contributed by atoms with Gasteiger partial charge in [0.05, 0.1) is 14.2 Å². The molecule has 0 aromatic heterocycles. The van der Waals surface area contributed by atoms with Crippen molar-refractivity contribution in [1.82, 2.24) is 0 Å². The van der Waals surface area contributed by atoms with E-state index in [0.717, 1.165) is 16.4 Å². The molecule has 0 heterocycles. The molecule has 3 nitrogen and oxygen atoms in total. The highest BCUT2D eigenvalue weighted by atomic mass is 32.2. The molecule has 1 atom stereocenters. The summed E-state index contributed by atoms with van der Waals surface area (Å²) >= 11 is 1.74. The minimum atomic E-state index is 0.216. The van der Waals surface area contributed by atoms with Crippen LogP contribution in [0.3, 0.4) is 0 Å². The van der Waals surface area contributed by atoms with E-state index < -0.39 is 0 Å². The number of benzene rings is 2. The Morgan fingerprint density at radius 3 is 2.30 bits per heavy atom. The van der Waals surface area contributed by atoms with Gasteiger partial charge >= 0.3 is 0 Å². The number of hydrogen-bond acceptors (Lipinski definition) is 4. The van der Waals surface area contributed by atoms with Gasteiger partial charge in [-0.15, -0.1) is 11.8 Å². The molecule has 0 spiro atoms. The zero-order valence-electron chi connectivity index (χ0n) is 11.7. The van der Waals surface area contributed by atoms with E-state index in [1.807, 2.05) is 30.3 Å². The average Bonchev–Trinajstić information content (AvgIpc) is 2.53. The normalized spacial score (nSPS) is 11.9. The molecule has 0 saturated heterocycles. The lowest BCUT2D eigenvalue weighted by Gasteiger charge is -2.15. The highest BCUT2D eigenvalue weighted by molar-refractivity contribution is 7.99.